The molecule has 0 saturated carbocycles. The zero-order valence-electron chi connectivity index (χ0n) is 33.0. The molecule has 0 aliphatic rings. The number of esters is 2. The third-order valence-electron chi connectivity index (χ3n) is 9.10. The number of amides is 2. The van der Waals surface area contributed by atoms with Crippen LogP contribution in [0.1, 0.15) is 51.8 Å². The predicted molar refractivity (Wildman–Crippen MR) is 222 cm³/mol. The Kier molecular flexibility index (Phi) is 13.1. The molecule has 0 saturated heterocycles. The second-order valence-electron chi connectivity index (χ2n) is 12.7. The molecular formula is C46H38N2O12. The number of benzene rings is 6. The number of hydrogen-bond donors (Lipinski definition) is 2. The molecule has 304 valence electrons. The van der Waals surface area contributed by atoms with Crippen molar-refractivity contribution >= 4 is 41.4 Å². The number of rotatable bonds is 15. The summed E-state index contributed by atoms with van der Waals surface area (Å²) in [5.41, 5.74) is 3.44. The second-order valence-corrected chi connectivity index (χ2v) is 12.7. The van der Waals surface area contributed by atoms with Crippen molar-refractivity contribution in [3.63, 3.8) is 0 Å². The first-order valence-corrected chi connectivity index (χ1v) is 18.1. The summed E-state index contributed by atoms with van der Waals surface area (Å²) in [5.74, 6) is 0.122. The van der Waals surface area contributed by atoms with E-state index < -0.39 is 23.8 Å². The fourth-order valence-corrected chi connectivity index (χ4v) is 5.93. The number of hydrogen-bond acceptors (Lipinski definition) is 12. The summed E-state index contributed by atoms with van der Waals surface area (Å²) in [6.07, 6.45) is 0.551. The molecule has 0 aromatic heterocycles. The summed E-state index contributed by atoms with van der Waals surface area (Å²) in [7, 11) is 7.24. The number of carbonyl (C=O) groups is 5. The summed E-state index contributed by atoms with van der Waals surface area (Å²) in [4.78, 5) is 63.5. The lowest BCUT2D eigenvalue weighted by molar-refractivity contribution is 0.0725. The quantitative estimate of drug-likeness (QED) is 0.0580. The van der Waals surface area contributed by atoms with E-state index in [-0.39, 0.29) is 33.6 Å². The summed E-state index contributed by atoms with van der Waals surface area (Å²) >= 11 is 0. The van der Waals surface area contributed by atoms with E-state index in [1.54, 1.807) is 78.9 Å². The largest absolute Gasteiger partial charge is 0.496 e. The molecule has 14 heteroatoms. The van der Waals surface area contributed by atoms with Gasteiger partial charge in [-0.1, -0.05) is 24.3 Å². The molecule has 0 heterocycles. The van der Waals surface area contributed by atoms with Crippen LogP contribution in [0, 0.1) is 0 Å². The first-order valence-electron chi connectivity index (χ1n) is 18.1. The lowest BCUT2D eigenvalue weighted by atomic mass is 10.1. The maximum absolute atomic E-state index is 13.0. The van der Waals surface area contributed by atoms with Crippen LogP contribution in [0.3, 0.4) is 0 Å². The lowest BCUT2D eigenvalue weighted by Crippen LogP contribution is -2.15. The molecular weight excluding hydrogens is 773 g/mol. The fourth-order valence-electron chi connectivity index (χ4n) is 5.93. The Morgan fingerprint density at radius 3 is 1.20 bits per heavy atom. The molecule has 0 radical (unpaired) electrons. The molecule has 0 aliphatic heterocycles. The zero-order chi connectivity index (χ0) is 42.8. The molecule has 0 spiro atoms. The van der Waals surface area contributed by atoms with E-state index in [0.29, 0.717) is 52.2 Å². The van der Waals surface area contributed by atoms with Gasteiger partial charge in [0.25, 0.3) is 11.8 Å². The van der Waals surface area contributed by atoms with Crippen molar-refractivity contribution in [3.8, 4) is 51.4 Å². The van der Waals surface area contributed by atoms with Crippen LogP contribution in [0.2, 0.25) is 0 Å². The number of nitrogens with one attached hydrogen (secondary N) is 2. The van der Waals surface area contributed by atoms with E-state index in [1.807, 2.05) is 0 Å². The Morgan fingerprint density at radius 2 is 0.800 bits per heavy atom. The van der Waals surface area contributed by atoms with Gasteiger partial charge in [0, 0.05) is 29.1 Å². The van der Waals surface area contributed by atoms with Crippen molar-refractivity contribution in [2.45, 2.75) is 0 Å². The predicted octanol–water partition coefficient (Wildman–Crippen LogP) is 8.15. The number of anilines is 2. The average Bonchev–Trinajstić information content (AvgIpc) is 3.28. The molecule has 2 amide bonds. The topological polar surface area (TPSA) is 174 Å². The molecule has 6 aromatic carbocycles. The van der Waals surface area contributed by atoms with Gasteiger partial charge in [-0.15, -0.1) is 0 Å². The molecule has 6 aromatic rings. The lowest BCUT2D eigenvalue weighted by Gasteiger charge is -2.14. The van der Waals surface area contributed by atoms with Gasteiger partial charge in [-0.05, 0) is 96.1 Å². The third kappa shape index (κ3) is 9.52. The summed E-state index contributed by atoms with van der Waals surface area (Å²) < 4.78 is 37.5. The first-order chi connectivity index (χ1) is 29.1. The molecule has 14 nitrogen and oxygen atoms in total. The SMILES string of the molecule is COc1cc(C=O)c(C(=O)Nc2ccc(C(=O)Oc3ccc(-c4ccc(OC(=O)c5ccc(NC(=O)c6cc(OC)c(OC)cc6OC)cc5)cc4)cc3)cc2)cc1OC. The highest BCUT2D eigenvalue weighted by Crippen LogP contribution is 2.35. The van der Waals surface area contributed by atoms with Crippen LogP contribution in [-0.2, 0) is 0 Å². The van der Waals surface area contributed by atoms with Crippen molar-refractivity contribution in [3.05, 3.63) is 149 Å². The van der Waals surface area contributed by atoms with Crippen molar-refractivity contribution in [2.75, 3.05) is 46.2 Å². The second kappa shape index (κ2) is 18.9. The smallest absolute Gasteiger partial charge is 0.343 e. The van der Waals surface area contributed by atoms with Gasteiger partial charge < -0.3 is 43.8 Å². The van der Waals surface area contributed by atoms with E-state index in [9.17, 15) is 24.0 Å². The van der Waals surface area contributed by atoms with Gasteiger partial charge in [-0.2, -0.15) is 0 Å². The van der Waals surface area contributed by atoms with Gasteiger partial charge in [0.05, 0.1) is 57.8 Å². The molecule has 0 unspecified atom stereocenters. The van der Waals surface area contributed by atoms with Gasteiger partial charge in [-0.25, -0.2) is 9.59 Å². The summed E-state index contributed by atoms with van der Waals surface area (Å²) in [6, 6.07) is 32.0. The van der Waals surface area contributed by atoms with Crippen LogP contribution in [0.4, 0.5) is 11.4 Å². The number of carbonyl (C=O) groups excluding carboxylic acids is 5. The van der Waals surface area contributed by atoms with E-state index in [4.69, 9.17) is 33.2 Å². The van der Waals surface area contributed by atoms with Crippen molar-refractivity contribution in [2.24, 2.45) is 0 Å². The Hall–Kier alpha value is -8.13. The van der Waals surface area contributed by atoms with Crippen LogP contribution in [-0.4, -0.2) is 65.6 Å². The van der Waals surface area contributed by atoms with Crippen molar-refractivity contribution in [1.82, 2.24) is 0 Å². The Morgan fingerprint density at radius 1 is 0.433 bits per heavy atom. The van der Waals surface area contributed by atoms with Crippen LogP contribution in [0.25, 0.3) is 11.1 Å². The monoisotopic (exact) mass is 810 g/mol. The van der Waals surface area contributed by atoms with Crippen LogP contribution < -0.4 is 43.8 Å². The third-order valence-corrected chi connectivity index (χ3v) is 9.10. The Balaban J connectivity index is 1.01. The standard InChI is InChI=1S/C46H38N2O12/c1-54-38-25-42(58-5)41(57-4)24-37(38)44(51)48-33-16-8-30(9-17-33)46(53)60-35-20-12-28(13-21-35)27-10-18-34(19-11-27)59-45(52)29-6-14-32(15-7-29)47-43(50)36-23-40(56-3)39(55-2)22-31(36)26-49/h6-26H,1-5H3,(H,47,50)(H,48,51). The van der Waals surface area contributed by atoms with Gasteiger partial charge in [0.1, 0.15) is 17.2 Å². The number of aldehydes is 1. The number of ether oxygens (including phenoxy) is 7. The zero-order valence-corrected chi connectivity index (χ0v) is 33.0. The molecule has 0 aliphatic carbocycles. The highest BCUT2D eigenvalue weighted by Gasteiger charge is 2.20. The van der Waals surface area contributed by atoms with E-state index in [0.717, 1.165) is 11.1 Å². The minimum absolute atomic E-state index is 0.0911. The highest BCUT2D eigenvalue weighted by atomic mass is 16.5. The summed E-state index contributed by atoms with van der Waals surface area (Å²) in [5, 5.41) is 5.49. The van der Waals surface area contributed by atoms with Gasteiger partial charge >= 0.3 is 11.9 Å². The Bertz CT molecular complexity index is 2530. The molecule has 0 atom stereocenters. The van der Waals surface area contributed by atoms with Crippen LogP contribution >= 0.6 is 0 Å². The Labute approximate surface area is 344 Å². The average molecular weight is 811 g/mol. The first kappa shape index (κ1) is 41.5. The molecule has 0 bridgehead atoms. The molecule has 60 heavy (non-hydrogen) atoms. The van der Waals surface area contributed by atoms with Crippen LogP contribution in [0.15, 0.2) is 121 Å². The highest BCUT2D eigenvalue weighted by molar-refractivity contribution is 6.09. The van der Waals surface area contributed by atoms with Crippen molar-refractivity contribution in [1.29, 1.82) is 0 Å². The van der Waals surface area contributed by atoms with Crippen LogP contribution in [0.5, 0.6) is 40.2 Å². The van der Waals surface area contributed by atoms with E-state index in [1.165, 1.54) is 78.0 Å². The van der Waals surface area contributed by atoms with Gasteiger partial charge in [0.15, 0.2) is 29.3 Å². The maximum Gasteiger partial charge on any atom is 0.343 e. The van der Waals surface area contributed by atoms with E-state index in [2.05, 4.69) is 10.6 Å². The maximum atomic E-state index is 13.0. The normalized spacial score (nSPS) is 10.4. The van der Waals surface area contributed by atoms with Gasteiger partial charge in [-0.3, -0.25) is 14.4 Å². The minimum Gasteiger partial charge on any atom is -0.496 e. The van der Waals surface area contributed by atoms with E-state index >= 15 is 0 Å². The molecule has 2 N–H and O–H groups in total. The molecule has 0 fully saturated rings. The molecule has 6 rings (SSSR count). The number of methoxy groups -OCH3 is 5. The fraction of sp³-hybridized carbons (Fsp3) is 0.109. The van der Waals surface area contributed by atoms with Gasteiger partial charge in [0.2, 0.25) is 0 Å². The minimum atomic E-state index is -0.607. The summed E-state index contributed by atoms with van der Waals surface area (Å²) in [6.45, 7) is 0. The van der Waals surface area contributed by atoms with Crippen molar-refractivity contribution < 1.29 is 57.1 Å².